The monoisotopic (exact) mass is 816 g/mol. The number of imidazole rings is 2. The number of nitrogens with zero attached hydrogens (tertiary/aromatic N) is 6. The van der Waals surface area contributed by atoms with Crippen LogP contribution in [0.1, 0.15) is 95.4 Å². The van der Waals surface area contributed by atoms with E-state index in [-0.39, 0.29) is 23.8 Å². The van der Waals surface area contributed by atoms with E-state index >= 15 is 0 Å². The summed E-state index contributed by atoms with van der Waals surface area (Å²) < 4.78 is 3.73. The zero-order valence-corrected chi connectivity index (χ0v) is 34.0. The zero-order chi connectivity index (χ0) is 40.0. The molecule has 0 unspecified atom stereocenters. The molecule has 2 fully saturated rings. The molecule has 0 atom stereocenters. The van der Waals surface area contributed by atoms with Crippen molar-refractivity contribution in [3.8, 4) is 11.1 Å². The lowest BCUT2D eigenvalue weighted by molar-refractivity contribution is -0.143. The van der Waals surface area contributed by atoms with Gasteiger partial charge in [-0.25, -0.2) is 9.97 Å². The minimum absolute atomic E-state index is 0.203. The van der Waals surface area contributed by atoms with Crippen LogP contribution in [0.15, 0.2) is 36.4 Å². The highest BCUT2D eigenvalue weighted by Gasteiger charge is 2.33. The molecule has 2 saturated carbocycles. The molecule has 2 aromatic heterocycles. The van der Waals surface area contributed by atoms with Crippen LogP contribution in [0.5, 0.6) is 0 Å². The van der Waals surface area contributed by atoms with Crippen molar-refractivity contribution in [3.63, 3.8) is 0 Å². The van der Waals surface area contributed by atoms with Gasteiger partial charge in [-0.15, -0.1) is 0 Å². The molecule has 57 heavy (non-hydrogen) atoms. The Kier molecular flexibility index (Phi) is 11.5. The maximum Gasteiger partial charge on any atom is 0.306 e. The van der Waals surface area contributed by atoms with Crippen LogP contribution < -0.4 is 10.6 Å². The number of benzene rings is 2. The molecule has 13 nitrogen and oxygen atoms in total. The van der Waals surface area contributed by atoms with Crippen molar-refractivity contribution < 1.29 is 24.6 Å². The molecule has 2 amide bonds. The number of carbonyl (C=O) groups is 3. The van der Waals surface area contributed by atoms with Crippen molar-refractivity contribution in [1.29, 1.82) is 0 Å². The molecule has 0 spiro atoms. The van der Waals surface area contributed by atoms with Crippen molar-refractivity contribution in [2.45, 2.75) is 89.4 Å². The number of halogens is 2. The Labute approximate surface area is 342 Å². The van der Waals surface area contributed by atoms with Gasteiger partial charge >= 0.3 is 5.97 Å². The average Bonchev–Trinajstić information content (AvgIpc) is 3.72. The number of hydrogen-bond acceptors (Lipinski definition) is 8. The van der Waals surface area contributed by atoms with Gasteiger partial charge in [-0.05, 0) is 69.4 Å². The van der Waals surface area contributed by atoms with E-state index in [9.17, 15) is 24.6 Å². The summed E-state index contributed by atoms with van der Waals surface area (Å²) in [6.07, 6.45) is 8.24. The SMILES string of the molecule is Cn1c(C(=O)Nc2cccc(-c3cccc(NC(=O)c4nc5c(n4C)CCN(C4CCC(O)CC4)C5)c3Cl)c2Cl)nc2c1CCN(CC1CCC(C(=O)O)CC1)C2. The third-order valence-corrected chi connectivity index (χ3v) is 13.5. The Morgan fingerprint density at radius 3 is 1.81 bits per heavy atom. The number of nitrogens with one attached hydrogen (secondary N) is 2. The molecule has 4 aromatic rings. The Bertz CT molecular complexity index is 2190. The molecule has 4 heterocycles. The lowest BCUT2D eigenvalue weighted by atomic mass is 9.81. The Morgan fingerprint density at radius 2 is 1.26 bits per heavy atom. The Hall–Kier alpha value is -4.27. The number of carbonyl (C=O) groups excluding carboxylic acids is 2. The second-order valence-corrected chi connectivity index (χ2v) is 17.0. The molecule has 0 radical (unpaired) electrons. The second-order valence-electron chi connectivity index (χ2n) is 16.2. The molecule has 4 N–H and O–H groups in total. The van der Waals surface area contributed by atoms with Crippen LogP contribution in [-0.2, 0) is 44.8 Å². The van der Waals surface area contributed by atoms with E-state index in [1.165, 1.54) is 0 Å². The van der Waals surface area contributed by atoms with Crippen molar-refractivity contribution in [2.75, 3.05) is 30.3 Å². The number of fused-ring (bicyclic) bond motifs is 2. The third-order valence-electron chi connectivity index (χ3n) is 12.7. The quantitative estimate of drug-likeness (QED) is 0.147. The summed E-state index contributed by atoms with van der Waals surface area (Å²) in [5, 5.41) is 25.9. The van der Waals surface area contributed by atoms with E-state index in [4.69, 9.17) is 33.2 Å². The number of amides is 2. The fourth-order valence-corrected chi connectivity index (χ4v) is 9.96. The predicted octanol–water partition coefficient (Wildman–Crippen LogP) is 6.54. The molecular formula is C42H50Cl2N8O5. The fourth-order valence-electron chi connectivity index (χ4n) is 9.41. The molecule has 2 aromatic carbocycles. The van der Waals surface area contributed by atoms with Crippen LogP contribution in [0.4, 0.5) is 11.4 Å². The van der Waals surface area contributed by atoms with E-state index in [0.29, 0.717) is 69.2 Å². The van der Waals surface area contributed by atoms with Crippen molar-refractivity contribution in [1.82, 2.24) is 28.9 Å². The van der Waals surface area contributed by atoms with Gasteiger partial charge < -0.3 is 30.0 Å². The first-order valence-electron chi connectivity index (χ1n) is 20.1. The molecule has 2 aliphatic carbocycles. The predicted molar refractivity (Wildman–Crippen MR) is 219 cm³/mol. The fraction of sp³-hybridized carbons (Fsp3) is 0.500. The third kappa shape index (κ3) is 8.09. The molecule has 4 aliphatic rings. The van der Waals surface area contributed by atoms with Crippen LogP contribution in [0.2, 0.25) is 10.0 Å². The average molecular weight is 818 g/mol. The Balaban J connectivity index is 0.933. The van der Waals surface area contributed by atoms with Crippen LogP contribution >= 0.6 is 23.2 Å². The molecule has 2 aliphatic heterocycles. The van der Waals surface area contributed by atoms with Crippen molar-refractivity contribution >= 4 is 52.4 Å². The number of aliphatic carboxylic acids is 1. The molecule has 15 heteroatoms. The Morgan fingerprint density at radius 1 is 0.737 bits per heavy atom. The number of carboxylic acid groups (broad SMARTS) is 1. The summed E-state index contributed by atoms with van der Waals surface area (Å²) in [6.45, 7) is 3.98. The maximum absolute atomic E-state index is 13.7. The first kappa shape index (κ1) is 39.6. The molecule has 302 valence electrons. The van der Waals surface area contributed by atoms with Gasteiger partial charge in [0.25, 0.3) is 11.8 Å². The van der Waals surface area contributed by atoms with Gasteiger partial charge in [0.2, 0.25) is 0 Å². The summed E-state index contributed by atoms with van der Waals surface area (Å²) >= 11 is 14.0. The van der Waals surface area contributed by atoms with Crippen LogP contribution in [0, 0.1) is 11.8 Å². The molecular weight excluding hydrogens is 767 g/mol. The summed E-state index contributed by atoms with van der Waals surface area (Å²) in [6, 6.07) is 11.1. The van der Waals surface area contributed by atoms with E-state index < -0.39 is 5.97 Å². The molecule has 0 saturated heterocycles. The second kappa shape index (κ2) is 16.5. The minimum atomic E-state index is -0.688. The minimum Gasteiger partial charge on any atom is -0.481 e. The first-order chi connectivity index (χ1) is 27.4. The first-order valence-corrected chi connectivity index (χ1v) is 20.9. The van der Waals surface area contributed by atoms with Gasteiger partial charge in [0.15, 0.2) is 11.6 Å². The topological polar surface area (TPSA) is 158 Å². The van der Waals surface area contributed by atoms with E-state index in [2.05, 4.69) is 20.4 Å². The number of aliphatic hydroxyl groups excluding tert-OH is 1. The highest BCUT2D eigenvalue weighted by molar-refractivity contribution is 6.40. The standard InChI is InChI=1S/C42H50Cl2N8O5/c1-49-34-17-19-51(21-24-9-11-25(12-10-24)42(56)57)22-32(34)45-38(49)40(54)47-30-7-3-5-28(36(30)43)29-6-4-8-31(37(29)44)48-41(55)39-46-33-23-52(20-18-35(33)50(39)2)26-13-15-27(53)16-14-26/h3-8,24-27,53H,9-23H2,1-2H3,(H,47,54)(H,48,55)(H,56,57). The van der Waals surface area contributed by atoms with Gasteiger partial charge in [0, 0.05) is 88.2 Å². The van der Waals surface area contributed by atoms with Crippen molar-refractivity contribution in [2.24, 2.45) is 25.9 Å². The van der Waals surface area contributed by atoms with Gasteiger partial charge in [-0.1, -0.05) is 47.5 Å². The summed E-state index contributed by atoms with van der Waals surface area (Å²) in [4.78, 5) is 53.2. The number of carboxylic acids is 1. The van der Waals surface area contributed by atoms with Gasteiger partial charge in [-0.3, -0.25) is 24.2 Å². The normalized spacial score (nSPS) is 22.8. The van der Waals surface area contributed by atoms with Gasteiger partial charge in [0.05, 0.1) is 44.8 Å². The number of aromatic nitrogens is 4. The van der Waals surface area contributed by atoms with Crippen LogP contribution in [0.25, 0.3) is 11.1 Å². The molecule has 8 rings (SSSR count). The summed E-state index contributed by atoms with van der Waals surface area (Å²) in [5.41, 5.74) is 5.87. The number of aliphatic hydroxyl groups is 1. The highest BCUT2D eigenvalue weighted by atomic mass is 35.5. The maximum atomic E-state index is 13.7. The van der Waals surface area contributed by atoms with Gasteiger partial charge in [0.1, 0.15) is 0 Å². The van der Waals surface area contributed by atoms with Crippen molar-refractivity contribution in [3.05, 3.63) is 80.9 Å². The number of hydrogen-bond donors (Lipinski definition) is 4. The lowest BCUT2D eigenvalue weighted by Crippen LogP contribution is -2.42. The van der Waals surface area contributed by atoms with E-state index in [0.717, 1.165) is 107 Å². The smallest absolute Gasteiger partial charge is 0.306 e. The van der Waals surface area contributed by atoms with Gasteiger partial charge in [-0.2, -0.15) is 0 Å². The molecule has 0 bridgehead atoms. The lowest BCUT2D eigenvalue weighted by Gasteiger charge is -2.37. The number of anilines is 2. The largest absolute Gasteiger partial charge is 0.481 e. The zero-order valence-electron chi connectivity index (χ0n) is 32.4. The summed E-state index contributed by atoms with van der Waals surface area (Å²) in [7, 11) is 3.73. The van der Waals surface area contributed by atoms with E-state index in [1.807, 2.05) is 35.4 Å². The van der Waals surface area contributed by atoms with Crippen LogP contribution in [0.3, 0.4) is 0 Å². The van der Waals surface area contributed by atoms with Crippen LogP contribution in [-0.4, -0.2) is 88.7 Å². The number of rotatable bonds is 9. The summed E-state index contributed by atoms with van der Waals surface area (Å²) in [5.74, 6) is -0.582. The van der Waals surface area contributed by atoms with E-state index in [1.54, 1.807) is 24.3 Å². The highest BCUT2D eigenvalue weighted by Crippen LogP contribution is 2.41.